The highest BCUT2D eigenvalue weighted by molar-refractivity contribution is 5.74. The highest BCUT2D eigenvalue weighted by atomic mass is 16.4. The summed E-state index contributed by atoms with van der Waals surface area (Å²) in [7, 11) is 1.58. The van der Waals surface area contributed by atoms with E-state index >= 15 is 0 Å². The van der Waals surface area contributed by atoms with Crippen LogP contribution in [0, 0.1) is 5.92 Å². The van der Waals surface area contributed by atoms with Crippen LogP contribution in [-0.4, -0.2) is 53.4 Å². The number of hydrogen-bond acceptors (Lipinski definition) is 3. The average molecular weight is 232 g/mol. The van der Waals surface area contributed by atoms with Crippen LogP contribution in [0.25, 0.3) is 0 Å². The zero-order chi connectivity index (χ0) is 12.7. The molecule has 0 aliphatic heterocycles. The lowest BCUT2D eigenvalue weighted by molar-refractivity contribution is -0.137. The Balaban J connectivity index is 3.92. The minimum atomic E-state index is -0.876. The molecule has 94 valence electrons. The smallest absolute Gasteiger partial charge is 0.317 e. The number of aliphatic hydroxyl groups excluding tert-OH is 1. The van der Waals surface area contributed by atoms with Crippen molar-refractivity contribution in [2.45, 2.75) is 26.3 Å². The molecule has 2 unspecified atom stereocenters. The summed E-state index contributed by atoms with van der Waals surface area (Å²) in [6.07, 6.45) is 0.0273. The van der Waals surface area contributed by atoms with E-state index in [-0.39, 0.29) is 31.0 Å². The van der Waals surface area contributed by atoms with Crippen molar-refractivity contribution in [1.29, 1.82) is 0 Å². The van der Waals surface area contributed by atoms with Gasteiger partial charge in [0.1, 0.15) is 0 Å². The molecule has 0 aromatic carbocycles. The van der Waals surface area contributed by atoms with E-state index in [4.69, 9.17) is 10.2 Å². The normalized spacial score (nSPS) is 14.0. The first kappa shape index (κ1) is 14.7. The molecule has 6 nitrogen and oxygen atoms in total. The Hall–Kier alpha value is -1.30. The van der Waals surface area contributed by atoms with Gasteiger partial charge < -0.3 is 20.4 Å². The van der Waals surface area contributed by atoms with E-state index in [1.54, 1.807) is 20.9 Å². The Kier molecular flexibility index (Phi) is 6.48. The zero-order valence-corrected chi connectivity index (χ0v) is 9.93. The molecule has 2 amide bonds. The van der Waals surface area contributed by atoms with Crippen LogP contribution in [0.3, 0.4) is 0 Å². The SMILES string of the molecule is CC(CNC(=O)N(C)C(C)CO)CC(=O)O. The molecule has 6 heteroatoms. The number of nitrogens with zero attached hydrogens (tertiary/aromatic N) is 1. The summed E-state index contributed by atoms with van der Waals surface area (Å²) < 4.78 is 0. The summed E-state index contributed by atoms with van der Waals surface area (Å²) in [5, 5.41) is 20.0. The lowest BCUT2D eigenvalue weighted by Gasteiger charge is -2.24. The van der Waals surface area contributed by atoms with Crippen molar-refractivity contribution in [1.82, 2.24) is 10.2 Å². The molecule has 0 aromatic heterocycles. The average Bonchev–Trinajstić information content (AvgIpc) is 2.22. The Labute approximate surface area is 95.2 Å². The lowest BCUT2D eigenvalue weighted by atomic mass is 10.1. The van der Waals surface area contributed by atoms with Crippen LogP contribution in [0.2, 0.25) is 0 Å². The van der Waals surface area contributed by atoms with E-state index in [0.29, 0.717) is 6.54 Å². The van der Waals surface area contributed by atoms with Gasteiger partial charge in [-0.2, -0.15) is 0 Å². The van der Waals surface area contributed by atoms with Crippen LogP contribution < -0.4 is 5.32 Å². The van der Waals surface area contributed by atoms with Gasteiger partial charge in [0.05, 0.1) is 12.6 Å². The van der Waals surface area contributed by atoms with Crippen molar-refractivity contribution >= 4 is 12.0 Å². The lowest BCUT2D eigenvalue weighted by Crippen LogP contribution is -2.45. The number of amides is 2. The number of nitrogens with one attached hydrogen (secondary N) is 1. The molecule has 0 saturated heterocycles. The van der Waals surface area contributed by atoms with Crippen LogP contribution in [0.5, 0.6) is 0 Å². The maximum absolute atomic E-state index is 11.5. The molecule has 0 saturated carbocycles. The first-order valence-electron chi connectivity index (χ1n) is 5.21. The zero-order valence-electron chi connectivity index (χ0n) is 9.93. The summed E-state index contributed by atoms with van der Waals surface area (Å²) in [5.41, 5.74) is 0. The number of hydrogen-bond donors (Lipinski definition) is 3. The third-order valence-corrected chi connectivity index (χ3v) is 2.37. The van der Waals surface area contributed by atoms with Crippen LogP contribution >= 0.6 is 0 Å². The maximum atomic E-state index is 11.5. The molecule has 0 fully saturated rings. The quantitative estimate of drug-likeness (QED) is 0.606. The predicted molar refractivity (Wildman–Crippen MR) is 59.1 cm³/mol. The largest absolute Gasteiger partial charge is 0.481 e. The first-order chi connectivity index (χ1) is 7.38. The molecule has 0 heterocycles. The minimum Gasteiger partial charge on any atom is -0.481 e. The molecular weight excluding hydrogens is 212 g/mol. The van der Waals surface area contributed by atoms with Gasteiger partial charge in [0, 0.05) is 20.0 Å². The van der Waals surface area contributed by atoms with Crippen molar-refractivity contribution in [3.05, 3.63) is 0 Å². The Morgan fingerprint density at radius 3 is 2.38 bits per heavy atom. The first-order valence-corrected chi connectivity index (χ1v) is 5.21. The van der Waals surface area contributed by atoms with Crippen molar-refractivity contribution < 1.29 is 19.8 Å². The number of aliphatic carboxylic acids is 1. The molecule has 0 spiro atoms. The number of likely N-dealkylation sites (N-methyl/N-ethyl adjacent to an activating group) is 1. The minimum absolute atomic E-state index is 0.0273. The van der Waals surface area contributed by atoms with Gasteiger partial charge in [0.2, 0.25) is 0 Å². The third-order valence-electron chi connectivity index (χ3n) is 2.37. The second-order valence-electron chi connectivity index (χ2n) is 4.03. The predicted octanol–water partition coefficient (Wildman–Crippen LogP) is 0.119. The third kappa shape index (κ3) is 5.55. The van der Waals surface area contributed by atoms with Crippen molar-refractivity contribution in [2.24, 2.45) is 5.92 Å². The Morgan fingerprint density at radius 1 is 1.38 bits per heavy atom. The number of urea groups is 1. The molecule has 2 atom stereocenters. The van der Waals surface area contributed by atoms with Gasteiger partial charge in [-0.15, -0.1) is 0 Å². The highest BCUT2D eigenvalue weighted by Crippen LogP contribution is 2.00. The monoisotopic (exact) mass is 232 g/mol. The molecule has 16 heavy (non-hydrogen) atoms. The van der Waals surface area contributed by atoms with Gasteiger partial charge in [0.15, 0.2) is 0 Å². The van der Waals surface area contributed by atoms with E-state index in [0.717, 1.165) is 0 Å². The van der Waals surface area contributed by atoms with Crippen LogP contribution in [0.4, 0.5) is 4.79 Å². The number of carboxylic acids is 1. The van der Waals surface area contributed by atoms with E-state index < -0.39 is 5.97 Å². The molecule has 0 aliphatic rings. The molecule has 0 aromatic rings. The van der Waals surface area contributed by atoms with Crippen molar-refractivity contribution in [3.8, 4) is 0 Å². The van der Waals surface area contributed by atoms with Crippen LogP contribution in [0.15, 0.2) is 0 Å². The topological polar surface area (TPSA) is 89.9 Å². The molecular formula is C10H20N2O4. The standard InChI is InChI=1S/C10H20N2O4/c1-7(4-9(14)15)5-11-10(16)12(3)8(2)6-13/h7-8,13H,4-6H2,1-3H3,(H,11,16)(H,14,15). The summed E-state index contributed by atoms with van der Waals surface area (Å²) in [6.45, 7) is 3.69. The van der Waals surface area contributed by atoms with E-state index in [2.05, 4.69) is 5.32 Å². The fourth-order valence-corrected chi connectivity index (χ4v) is 1.08. The highest BCUT2D eigenvalue weighted by Gasteiger charge is 2.15. The van der Waals surface area contributed by atoms with Crippen molar-refractivity contribution in [2.75, 3.05) is 20.2 Å². The van der Waals surface area contributed by atoms with Gasteiger partial charge in [-0.1, -0.05) is 6.92 Å². The fraction of sp³-hybridized carbons (Fsp3) is 0.800. The molecule has 0 aliphatic carbocycles. The van der Waals surface area contributed by atoms with Crippen LogP contribution in [-0.2, 0) is 4.79 Å². The molecule has 0 bridgehead atoms. The van der Waals surface area contributed by atoms with E-state index in [1.165, 1.54) is 4.90 Å². The number of carbonyl (C=O) groups is 2. The van der Waals surface area contributed by atoms with Gasteiger partial charge >= 0.3 is 12.0 Å². The summed E-state index contributed by atoms with van der Waals surface area (Å²) in [5.74, 6) is -0.988. The number of rotatable bonds is 6. The summed E-state index contributed by atoms with van der Waals surface area (Å²) >= 11 is 0. The van der Waals surface area contributed by atoms with Crippen molar-refractivity contribution in [3.63, 3.8) is 0 Å². The van der Waals surface area contributed by atoms with Gasteiger partial charge in [-0.3, -0.25) is 4.79 Å². The molecule has 3 N–H and O–H groups in total. The second-order valence-corrected chi connectivity index (χ2v) is 4.03. The number of carbonyl (C=O) groups excluding carboxylic acids is 1. The number of carboxylic acid groups (broad SMARTS) is 1. The van der Waals surface area contributed by atoms with E-state index in [9.17, 15) is 9.59 Å². The van der Waals surface area contributed by atoms with Gasteiger partial charge in [0.25, 0.3) is 0 Å². The Bertz CT molecular complexity index is 245. The molecule has 0 rings (SSSR count). The maximum Gasteiger partial charge on any atom is 0.317 e. The van der Waals surface area contributed by atoms with Crippen LogP contribution in [0.1, 0.15) is 20.3 Å². The fourth-order valence-electron chi connectivity index (χ4n) is 1.08. The summed E-state index contributed by atoms with van der Waals surface area (Å²) in [4.78, 5) is 23.3. The van der Waals surface area contributed by atoms with Gasteiger partial charge in [-0.25, -0.2) is 4.79 Å². The van der Waals surface area contributed by atoms with E-state index in [1.807, 2.05) is 0 Å². The second kappa shape index (κ2) is 7.05. The number of aliphatic hydroxyl groups is 1. The summed E-state index contributed by atoms with van der Waals surface area (Å²) in [6, 6.07) is -0.562. The van der Waals surface area contributed by atoms with Gasteiger partial charge in [-0.05, 0) is 12.8 Å². The Morgan fingerprint density at radius 2 is 1.94 bits per heavy atom. The molecule has 0 radical (unpaired) electrons.